The molecule has 0 saturated carbocycles. The number of aliphatic hydroxyl groups excluding tert-OH is 1. The SMILES string of the molecule is C=C(F)C(=O)N1CC(n2c(=O)n(-c3ccc(C(F)(F)F)nc3)c3nccc(N4CC(O)C4)c32)C1. The number of β-amino-alcohol motifs (C(OH)–C–C–N with tert-alkyl or cyclic N) is 1. The van der Waals surface area contributed by atoms with Crippen LogP contribution in [0, 0.1) is 0 Å². The lowest BCUT2D eigenvalue weighted by Crippen LogP contribution is -2.53. The summed E-state index contributed by atoms with van der Waals surface area (Å²) >= 11 is 0. The molecule has 0 aromatic carbocycles. The van der Waals surface area contributed by atoms with E-state index in [1.165, 1.54) is 15.7 Å². The molecule has 1 amide bonds. The van der Waals surface area contributed by atoms with Crippen molar-refractivity contribution in [2.24, 2.45) is 0 Å². The van der Waals surface area contributed by atoms with Crippen LogP contribution in [0.2, 0.25) is 0 Å². The van der Waals surface area contributed by atoms with Crippen LogP contribution in [0.1, 0.15) is 11.7 Å². The van der Waals surface area contributed by atoms with E-state index in [1.54, 1.807) is 6.07 Å². The molecule has 2 aliphatic heterocycles. The molecule has 0 atom stereocenters. The van der Waals surface area contributed by atoms with Crippen molar-refractivity contribution in [3.63, 3.8) is 0 Å². The third kappa shape index (κ3) is 3.43. The highest BCUT2D eigenvalue weighted by Crippen LogP contribution is 2.34. The van der Waals surface area contributed by atoms with Gasteiger partial charge >= 0.3 is 11.9 Å². The molecule has 0 bridgehead atoms. The molecule has 0 spiro atoms. The number of carbonyl (C=O) groups is 1. The fourth-order valence-corrected chi connectivity index (χ4v) is 4.24. The number of amides is 1. The number of pyridine rings is 2. The maximum absolute atomic E-state index is 13.5. The lowest BCUT2D eigenvalue weighted by atomic mass is 10.1. The van der Waals surface area contributed by atoms with Gasteiger partial charge in [0.15, 0.2) is 11.5 Å². The second-order valence-corrected chi connectivity index (χ2v) is 8.22. The molecule has 5 rings (SSSR count). The van der Waals surface area contributed by atoms with Crippen molar-refractivity contribution in [1.29, 1.82) is 0 Å². The molecule has 0 radical (unpaired) electrons. The maximum atomic E-state index is 13.5. The average molecular weight is 478 g/mol. The fourth-order valence-electron chi connectivity index (χ4n) is 4.24. The average Bonchev–Trinajstić information content (AvgIpc) is 3.02. The van der Waals surface area contributed by atoms with Gasteiger partial charge in [-0.25, -0.2) is 23.7 Å². The summed E-state index contributed by atoms with van der Waals surface area (Å²) in [5.41, 5.74) is -0.421. The zero-order chi connectivity index (χ0) is 24.4. The van der Waals surface area contributed by atoms with Crippen LogP contribution in [-0.2, 0) is 11.0 Å². The summed E-state index contributed by atoms with van der Waals surface area (Å²) < 4.78 is 54.7. The highest BCUT2D eigenvalue weighted by molar-refractivity contribution is 5.92. The number of fused-ring (bicyclic) bond motifs is 1. The molecule has 2 saturated heterocycles. The van der Waals surface area contributed by atoms with E-state index in [9.17, 15) is 32.3 Å². The highest BCUT2D eigenvalue weighted by Gasteiger charge is 2.38. The molecule has 2 fully saturated rings. The summed E-state index contributed by atoms with van der Waals surface area (Å²) in [4.78, 5) is 36.2. The Morgan fingerprint density at radius 1 is 1.12 bits per heavy atom. The zero-order valence-electron chi connectivity index (χ0n) is 17.5. The van der Waals surface area contributed by atoms with Crippen molar-refractivity contribution in [2.45, 2.75) is 18.3 Å². The van der Waals surface area contributed by atoms with Gasteiger partial charge in [0.05, 0.1) is 29.7 Å². The van der Waals surface area contributed by atoms with Crippen LogP contribution < -0.4 is 10.6 Å². The van der Waals surface area contributed by atoms with E-state index >= 15 is 0 Å². The Kier molecular flexibility index (Phi) is 4.97. The Bertz CT molecular complexity index is 1350. The lowest BCUT2D eigenvalue weighted by molar-refractivity contribution is -0.141. The number of rotatable bonds is 4. The first-order valence-electron chi connectivity index (χ1n) is 10.3. The van der Waals surface area contributed by atoms with Crippen molar-refractivity contribution < 1.29 is 27.5 Å². The highest BCUT2D eigenvalue weighted by atomic mass is 19.4. The molecule has 1 N–H and O–H groups in total. The number of hydrogen-bond acceptors (Lipinski definition) is 6. The number of anilines is 1. The van der Waals surface area contributed by atoms with E-state index < -0.39 is 41.4 Å². The van der Waals surface area contributed by atoms with Gasteiger partial charge < -0.3 is 14.9 Å². The Hall–Kier alpha value is -3.74. The molecule has 9 nitrogen and oxygen atoms in total. The standard InChI is InChI=1S/C21H18F4N6O3/c1-11(22)19(33)29-7-13(8-29)30-17-15(28-9-14(32)10-28)4-5-26-18(17)31(20(30)34)12-2-3-16(27-6-12)21(23,24)25/h2-6,13-14,32H,1,7-10H2. The predicted molar refractivity (Wildman–Crippen MR) is 112 cm³/mol. The summed E-state index contributed by atoms with van der Waals surface area (Å²) in [6.45, 7) is 3.75. The lowest BCUT2D eigenvalue weighted by Gasteiger charge is -2.41. The molecule has 34 heavy (non-hydrogen) atoms. The quantitative estimate of drug-likeness (QED) is 0.453. The Morgan fingerprint density at radius 3 is 2.38 bits per heavy atom. The monoisotopic (exact) mass is 478 g/mol. The minimum absolute atomic E-state index is 0.0447. The van der Waals surface area contributed by atoms with E-state index in [2.05, 4.69) is 16.5 Å². The van der Waals surface area contributed by atoms with Crippen LogP contribution in [0.5, 0.6) is 0 Å². The molecule has 178 valence electrons. The number of carbonyl (C=O) groups excluding carboxylic acids is 1. The van der Waals surface area contributed by atoms with Crippen LogP contribution >= 0.6 is 0 Å². The summed E-state index contributed by atoms with van der Waals surface area (Å²) in [5.74, 6) is -1.98. The largest absolute Gasteiger partial charge is 0.433 e. The van der Waals surface area contributed by atoms with Gasteiger partial charge in [0.2, 0.25) is 0 Å². The summed E-state index contributed by atoms with van der Waals surface area (Å²) in [6, 6.07) is 3.06. The smallest absolute Gasteiger partial charge is 0.389 e. The van der Waals surface area contributed by atoms with E-state index in [-0.39, 0.29) is 24.4 Å². The molecule has 0 unspecified atom stereocenters. The van der Waals surface area contributed by atoms with Crippen molar-refractivity contribution in [3.8, 4) is 5.69 Å². The number of halogens is 4. The van der Waals surface area contributed by atoms with Gasteiger partial charge in [-0.2, -0.15) is 13.2 Å². The first kappa shape index (κ1) is 22.1. The first-order chi connectivity index (χ1) is 16.1. The van der Waals surface area contributed by atoms with Crippen molar-refractivity contribution in [3.05, 3.63) is 59.2 Å². The molecule has 3 aromatic heterocycles. The van der Waals surface area contributed by atoms with Gasteiger partial charge in [0.1, 0.15) is 11.2 Å². The Morgan fingerprint density at radius 2 is 1.82 bits per heavy atom. The molecule has 3 aromatic rings. The molecule has 2 aliphatic rings. The van der Waals surface area contributed by atoms with Gasteiger partial charge in [-0.15, -0.1) is 0 Å². The van der Waals surface area contributed by atoms with Crippen LogP contribution in [0.25, 0.3) is 16.9 Å². The van der Waals surface area contributed by atoms with Gasteiger partial charge in [-0.3, -0.25) is 9.36 Å². The van der Waals surface area contributed by atoms with Gasteiger partial charge in [0.25, 0.3) is 5.91 Å². The summed E-state index contributed by atoms with van der Waals surface area (Å²) in [6.07, 6.45) is -2.76. The topological polar surface area (TPSA) is 96.5 Å². The predicted octanol–water partition coefficient (Wildman–Crippen LogP) is 1.65. The van der Waals surface area contributed by atoms with Crippen molar-refractivity contribution in [1.82, 2.24) is 24.0 Å². The maximum Gasteiger partial charge on any atom is 0.433 e. The number of likely N-dealkylation sites (tertiary alicyclic amines) is 1. The van der Waals surface area contributed by atoms with Gasteiger partial charge in [0, 0.05) is 32.4 Å². The number of aromatic nitrogens is 4. The summed E-state index contributed by atoms with van der Waals surface area (Å²) in [7, 11) is 0. The third-order valence-corrected chi connectivity index (χ3v) is 5.98. The van der Waals surface area contributed by atoms with Crippen molar-refractivity contribution >= 4 is 22.8 Å². The molecular weight excluding hydrogens is 460 g/mol. The molecule has 0 aliphatic carbocycles. The Labute approximate surface area is 189 Å². The molecular formula is C21H18F4N6O3. The second kappa shape index (κ2) is 7.65. The molecule has 13 heteroatoms. The minimum atomic E-state index is -4.64. The van der Waals surface area contributed by atoms with Crippen LogP contribution in [0.15, 0.2) is 47.8 Å². The fraction of sp³-hybridized carbons (Fsp3) is 0.333. The van der Waals surface area contributed by atoms with Crippen LogP contribution in [-0.4, -0.2) is 67.3 Å². The Balaban J connectivity index is 1.64. The number of imidazole rings is 1. The number of alkyl halides is 3. The van der Waals surface area contributed by atoms with Gasteiger partial charge in [-0.05, 0) is 18.2 Å². The minimum Gasteiger partial charge on any atom is -0.389 e. The number of aliphatic hydroxyl groups is 1. The van der Waals surface area contributed by atoms with Crippen LogP contribution in [0.4, 0.5) is 23.2 Å². The van der Waals surface area contributed by atoms with E-state index in [4.69, 9.17) is 0 Å². The third-order valence-electron chi connectivity index (χ3n) is 5.98. The summed E-state index contributed by atoms with van der Waals surface area (Å²) in [5, 5.41) is 9.75. The zero-order valence-corrected chi connectivity index (χ0v) is 17.5. The molecule has 5 heterocycles. The van der Waals surface area contributed by atoms with E-state index in [0.29, 0.717) is 24.3 Å². The second-order valence-electron chi connectivity index (χ2n) is 8.22. The van der Waals surface area contributed by atoms with Gasteiger partial charge in [-0.1, -0.05) is 6.58 Å². The van der Waals surface area contributed by atoms with Crippen molar-refractivity contribution in [2.75, 3.05) is 31.1 Å². The van der Waals surface area contributed by atoms with E-state index in [0.717, 1.165) is 22.9 Å². The first-order valence-corrected chi connectivity index (χ1v) is 10.3. The number of hydrogen-bond donors (Lipinski definition) is 1. The van der Waals surface area contributed by atoms with Crippen LogP contribution in [0.3, 0.4) is 0 Å². The normalized spacial score (nSPS) is 17.1. The van der Waals surface area contributed by atoms with E-state index in [1.807, 2.05) is 4.90 Å². The number of nitrogens with zero attached hydrogens (tertiary/aromatic N) is 6.